The Morgan fingerprint density at radius 3 is 2.63 bits per heavy atom. The van der Waals surface area contributed by atoms with Crippen LogP contribution in [0.4, 0.5) is 0 Å². The number of halogens is 2. The van der Waals surface area contributed by atoms with Crippen molar-refractivity contribution in [1.29, 1.82) is 0 Å². The van der Waals surface area contributed by atoms with E-state index >= 15 is 0 Å². The van der Waals surface area contributed by atoms with Crippen molar-refractivity contribution in [2.45, 2.75) is 18.8 Å². The molecule has 1 aromatic rings. The van der Waals surface area contributed by atoms with Gasteiger partial charge in [0, 0.05) is 16.0 Å². The van der Waals surface area contributed by atoms with Gasteiger partial charge in [-0.05, 0) is 30.5 Å². The van der Waals surface area contributed by atoms with Gasteiger partial charge in [0.1, 0.15) is 0 Å². The van der Waals surface area contributed by atoms with E-state index in [0.29, 0.717) is 16.5 Å². The molecule has 1 unspecified atom stereocenters. The van der Waals surface area contributed by atoms with E-state index in [4.69, 9.17) is 27.4 Å². The molecular formula is C13H16Cl2O3S. The molecule has 0 saturated heterocycles. The van der Waals surface area contributed by atoms with Crippen LogP contribution >= 0.6 is 23.2 Å². The summed E-state index contributed by atoms with van der Waals surface area (Å²) in [6.45, 7) is 3.72. The Kier molecular flexibility index (Phi) is 6.33. The molecule has 0 N–H and O–H groups in total. The van der Waals surface area contributed by atoms with E-state index in [9.17, 15) is 8.42 Å². The van der Waals surface area contributed by atoms with Gasteiger partial charge in [-0.15, -0.1) is 6.58 Å². The Labute approximate surface area is 124 Å². The lowest BCUT2D eigenvalue weighted by atomic mass is 9.95. The molecule has 106 valence electrons. The van der Waals surface area contributed by atoms with Crippen LogP contribution in [0.15, 0.2) is 30.9 Å². The predicted octanol–water partition coefficient (Wildman–Crippen LogP) is 4.02. The van der Waals surface area contributed by atoms with E-state index in [1.165, 1.54) is 0 Å². The molecule has 0 amide bonds. The highest BCUT2D eigenvalue weighted by Gasteiger charge is 2.17. The highest BCUT2D eigenvalue weighted by Crippen LogP contribution is 2.31. The zero-order chi connectivity index (χ0) is 14.5. The zero-order valence-corrected chi connectivity index (χ0v) is 12.9. The number of rotatable bonds is 7. The highest BCUT2D eigenvalue weighted by atomic mass is 35.5. The molecule has 6 heteroatoms. The summed E-state index contributed by atoms with van der Waals surface area (Å²) in [5.74, 6) is -0.113. The average molecular weight is 323 g/mol. The minimum absolute atomic E-state index is 0.0635. The van der Waals surface area contributed by atoms with Gasteiger partial charge in [-0.25, -0.2) is 0 Å². The van der Waals surface area contributed by atoms with Crippen LogP contribution in [0.2, 0.25) is 10.0 Å². The third-order valence-corrected chi connectivity index (χ3v) is 3.73. The van der Waals surface area contributed by atoms with Crippen LogP contribution in [0.25, 0.3) is 0 Å². The smallest absolute Gasteiger partial charge is 0.264 e. The summed E-state index contributed by atoms with van der Waals surface area (Å²) in [6.07, 6.45) is 4.26. The van der Waals surface area contributed by atoms with Gasteiger partial charge in [0.25, 0.3) is 10.1 Å². The summed E-state index contributed by atoms with van der Waals surface area (Å²) in [5, 5.41) is 1.05. The lowest BCUT2D eigenvalue weighted by molar-refractivity contribution is 0.288. The molecule has 0 aliphatic heterocycles. The molecule has 3 nitrogen and oxygen atoms in total. The van der Waals surface area contributed by atoms with Crippen molar-refractivity contribution in [2.75, 3.05) is 12.9 Å². The summed E-state index contributed by atoms with van der Waals surface area (Å²) in [6, 6.07) is 5.16. The highest BCUT2D eigenvalue weighted by molar-refractivity contribution is 7.85. The number of allylic oxidation sites excluding steroid dienone is 1. The first-order valence-electron chi connectivity index (χ1n) is 5.73. The van der Waals surface area contributed by atoms with Gasteiger partial charge in [0.15, 0.2) is 0 Å². The molecule has 0 saturated carbocycles. The van der Waals surface area contributed by atoms with E-state index in [1.807, 2.05) is 0 Å². The fourth-order valence-corrected chi connectivity index (χ4v) is 2.66. The first kappa shape index (κ1) is 16.5. The summed E-state index contributed by atoms with van der Waals surface area (Å²) in [4.78, 5) is 0. The third-order valence-electron chi connectivity index (χ3n) is 2.60. The van der Waals surface area contributed by atoms with Crippen molar-refractivity contribution in [1.82, 2.24) is 0 Å². The molecule has 1 aromatic carbocycles. The lowest BCUT2D eigenvalue weighted by Crippen LogP contribution is -2.12. The third kappa shape index (κ3) is 5.95. The first-order valence-corrected chi connectivity index (χ1v) is 8.31. The number of benzene rings is 1. The molecule has 0 aliphatic carbocycles. The van der Waals surface area contributed by atoms with Crippen molar-refractivity contribution in [2.24, 2.45) is 0 Å². The zero-order valence-electron chi connectivity index (χ0n) is 10.6. The van der Waals surface area contributed by atoms with Gasteiger partial charge in [-0.1, -0.05) is 35.3 Å². The maximum absolute atomic E-state index is 11.1. The molecule has 0 radical (unpaired) electrons. The maximum Gasteiger partial charge on any atom is 0.264 e. The largest absolute Gasteiger partial charge is 0.270 e. The molecule has 0 fully saturated rings. The monoisotopic (exact) mass is 322 g/mol. The standard InChI is InChI=1S/C13H16Cl2O3S/c1-3-4-5-10(9-18-19(2,16)17)12-7-6-11(14)8-13(12)15/h3,6-8,10H,1,4-5,9H2,2H3. The molecule has 0 spiro atoms. The molecule has 19 heavy (non-hydrogen) atoms. The minimum Gasteiger partial charge on any atom is -0.270 e. The summed E-state index contributed by atoms with van der Waals surface area (Å²) in [5.41, 5.74) is 0.830. The van der Waals surface area contributed by atoms with Crippen LogP contribution in [0.3, 0.4) is 0 Å². The van der Waals surface area contributed by atoms with E-state index in [-0.39, 0.29) is 12.5 Å². The Morgan fingerprint density at radius 1 is 1.42 bits per heavy atom. The summed E-state index contributed by atoms with van der Waals surface area (Å²) < 4.78 is 27.0. The van der Waals surface area contributed by atoms with Crippen molar-refractivity contribution in [3.63, 3.8) is 0 Å². The second-order valence-electron chi connectivity index (χ2n) is 4.22. The first-order chi connectivity index (χ1) is 8.83. The van der Waals surface area contributed by atoms with E-state index < -0.39 is 10.1 Å². The molecule has 1 atom stereocenters. The topological polar surface area (TPSA) is 43.4 Å². The fourth-order valence-electron chi connectivity index (χ4n) is 1.69. The van der Waals surface area contributed by atoms with Crippen molar-refractivity contribution in [3.05, 3.63) is 46.5 Å². The summed E-state index contributed by atoms with van der Waals surface area (Å²) in [7, 11) is -3.47. The van der Waals surface area contributed by atoms with E-state index in [2.05, 4.69) is 6.58 Å². The maximum atomic E-state index is 11.1. The average Bonchev–Trinajstić information content (AvgIpc) is 2.29. The van der Waals surface area contributed by atoms with E-state index in [0.717, 1.165) is 18.2 Å². The van der Waals surface area contributed by atoms with Gasteiger partial charge >= 0.3 is 0 Å². The molecule has 0 aromatic heterocycles. The Morgan fingerprint density at radius 2 is 2.11 bits per heavy atom. The van der Waals surface area contributed by atoms with Crippen molar-refractivity contribution < 1.29 is 12.6 Å². The van der Waals surface area contributed by atoms with E-state index in [1.54, 1.807) is 24.3 Å². The minimum atomic E-state index is -3.47. The second kappa shape index (κ2) is 7.29. The Balaban J connectivity index is 2.91. The molecule has 0 bridgehead atoms. The SMILES string of the molecule is C=CCCC(COS(C)(=O)=O)c1ccc(Cl)cc1Cl. The van der Waals surface area contributed by atoms with Crippen LogP contribution in [0, 0.1) is 0 Å². The van der Waals surface area contributed by atoms with Gasteiger partial charge in [-0.3, -0.25) is 4.18 Å². The van der Waals surface area contributed by atoms with Crippen LogP contribution < -0.4 is 0 Å². The Hall–Kier alpha value is -0.550. The molecule has 0 heterocycles. The Bertz CT molecular complexity index is 541. The van der Waals surface area contributed by atoms with Crippen LogP contribution in [0.1, 0.15) is 24.3 Å². The van der Waals surface area contributed by atoms with Gasteiger partial charge in [-0.2, -0.15) is 8.42 Å². The predicted molar refractivity (Wildman–Crippen MR) is 79.4 cm³/mol. The van der Waals surface area contributed by atoms with Gasteiger partial charge in [0.2, 0.25) is 0 Å². The van der Waals surface area contributed by atoms with Crippen LogP contribution in [0.5, 0.6) is 0 Å². The molecular weight excluding hydrogens is 307 g/mol. The number of hydrogen-bond acceptors (Lipinski definition) is 3. The van der Waals surface area contributed by atoms with Crippen molar-refractivity contribution in [3.8, 4) is 0 Å². The second-order valence-corrected chi connectivity index (χ2v) is 6.71. The quantitative estimate of drug-likeness (QED) is 0.562. The van der Waals surface area contributed by atoms with Gasteiger partial charge in [0.05, 0.1) is 12.9 Å². The lowest BCUT2D eigenvalue weighted by Gasteiger charge is -2.17. The molecule has 0 aliphatic rings. The van der Waals surface area contributed by atoms with Crippen LogP contribution in [-0.4, -0.2) is 21.3 Å². The van der Waals surface area contributed by atoms with Gasteiger partial charge < -0.3 is 0 Å². The molecule has 1 rings (SSSR count). The summed E-state index contributed by atoms with van der Waals surface area (Å²) >= 11 is 12.0. The van der Waals surface area contributed by atoms with Crippen molar-refractivity contribution >= 4 is 33.3 Å². The normalized spacial score (nSPS) is 13.2. The van der Waals surface area contributed by atoms with Crippen LogP contribution in [-0.2, 0) is 14.3 Å². The number of hydrogen-bond donors (Lipinski definition) is 0. The fraction of sp³-hybridized carbons (Fsp3) is 0.385.